The topological polar surface area (TPSA) is 94.1 Å². The van der Waals surface area contributed by atoms with Crippen LogP contribution in [0.4, 0.5) is 24.8 Å². The lowest BCUT2D eigenvalue weighted by atomic mass is 9.74. The monoisotopic (exact) mass is 459 g/mol. The van der Waals surface area contributed by atoms with Gasteiger partial charge in [0.1, 0.15) is 23.3 Å². The van der Waals surface area contributed by atoms with E-state index < -0.39 is 28.8 Å². The van der Waals surface area contributed by atoms with Gasteiger partial charge in [0.15, 0.2) is 5.82 Å². The average Bonchev–Trinajstić information content (AvgIpc) is 3.19. The van der Waals surface area contributed by atoms with Gasteiger partial charge in [0.2, 0.25) is 0 Å². The Morgan fingerprint density at radius 2 is 1.82 bits per heavy atom. The van der Waals surface area contributed by atoms with Crippen LogP contribution >= 0.6 is 0 Å². The molecule has 1 aliphatic rings. The van der Waals surface area contributed by atoms with Crippen LogP contribution in [0.2, 0.25) is 0 Å². The SMILES string of the molecule is Cc1cc(Nc2ccc(F)c(CC3(C(=O)O)CCN(Cc4c(F)cccc4F)CC3)n2)n[nH]1. The predicted molar refractivity (Wildman–Crippen MR) is 115 cm³/mol. The number of likely N-dealkylation sites (tertiary alicyclic amines) is 1. The Hall–Kier alpha value is -3.40. The molecule has 3 aromatic rings. The molecular formula is C23H24F3N5O2. The minimum atomic E-state index is -1.22. The minimum absolute atomic E-state index is 0.0413. The maximum absolute atomic E-state index is 14.6. The van der Waals surface area contributed by atoms with Crippen LogP contribution < -0.4 is 5.32 Å². The number of nitrogens with one attached hydrogen (secondary N) is 2. The predicted octanol–water partition coefficient (Wildman–Crippen LogP) is 4.18. The van der Waals surface area contributed by atoms with Gasteiger partial charge >= 0.3 is 5.97 Å². The Morgan fingerprint density at radius 3 is 2.42 bits per heavy atom. The van der Waals surface area contributed by atoms with Crippen LogP contribution in [0.1, 0.15) is 29.8 Å². The van der Waals surface area contributed by atoms with E-state index in [9.17, 15) is 23.1 Å². The van der Waals surface area contributed by atoms with E-state index in [1.165, 1.54) is 30.3 Å². The van der Waals surface area contributed by atoms with Crippen LogP contribution in [0.5, 0.6) is 0 Å². The maximum Gasteiger partial charge on any atom is 0.310 e. The number of hydrogen-bond donors (Lipinski definition) is 3. The molecule has 0 unspecified atom stereocenters. The van der Waals surface area contributed by atoms with Crippen molar-refractivity contribution in [2.45, 2.75) is 32.7 Å². The summed E-state index contributed by atoms with van der Waals surface area (Å²) >= 11 is 0. The highest BCUT2D eigenvalue weighted by molar-refractivity contribution is 5.75. The number of carboxylic acid groups (broad SMARTS) is 1. The van der Waals surface area contributed by atoms with Crippen LogP contribution in [0.25, 0.3) is 0 Å². The molecule has 10 heteroatoms. The summed E-state index contributed by atoms with van der Waals surface area (Å²) in [6, 6.07) is 8.17. The lowest BCUT2D eigenvalue weighted by Gasteiger charge is -2.39. The Morgan fingerprint density at radius 1 is 1.12 bits per heavy atom. The van der Waals surface area contributed by atoms with E-state index >= 15 is 0 Å². The summed E-state index contributed by atoms with van der Waals surface area (Å²) in [5.41, 5.74) is -0.380. The minimum Gasteiger partial charge on any atom is -0.481 e. The summed E-state index contributed by atoms with van der Waals surface area (Å²) in [5.74, 6) is -2.03. The summed E-state index contributed by atoms with van der Waals surface area (Å²) in [6.45, 7) is 2.51. The number of aromatic nitrogens is 3. The Bertz CT molecular complexity index is 1140. The first-order valence-corrected chi connectivity index (χ1v) is 10.6. The number of rotatable bonds is 7. The molecule has 2 aromatic heterocycles. The van der Waals surface area contributed by atoms with Gasteiger partial charge in [-0.15, -0.1) is 0 Å². The van der Waals surface area contributed by atoms with E-state index in [1.807, 2.05) is 11.8 Å². The molecule has 33 heavy (non-hydrogen) atoms. The standard InChI is InChI=1S/C23H24F3N5O2/c1-14-11-21(30-29-14)28-20-6-5-18(26)19(27-20)12-23(22(32)33)7-9-31(10-8-23)13-15-16(24)3-2-4-17(15)25/h2-6,11H,7-10,12-13H2,1H3,(H,32,33)(H2,27,28,29,30). The highest BCUT2D eigenvalue weighted by Gasteiger charge is 2.42. The van der Waals surface area contributed by atoms with Crippen LogP contribution in [0.3, 0.4) is 0 Å². The number of anilines is 2. The zero-order valence-corrected chi connectivity index (χ0v) is 18.0. The fourth-order valence-corrected chi connectivity index (χ4v) is 4.12. The van der Waals surface area contributed by atoms with Gasteiger partial charge in [0, 0.05) is 30.3 Å². The number of aliphatic carboxylic acids is 1. The van der Waals surface area contributed by atoms with E-state index in [0.29, 0.717) is 24.7 Å². The molecule has 0 spiro atoms. The number of benzene rings is 1. The van der Waals surface area contributed by atoms with Crippen molar-refractivity contribution in [2.24, 2.45) is 5.41 Å². The van der Waals surface area contributed by atoms with Crippen molar-refractivity contribution in [3.63, 3.8) is 0 Å². The zero-order valence-electron chi connectivity index (χ0n) is 18.0. The number of aromatic amines is 1. The van der Waals surface area contributed by atoms with Crippen LogP contribution in [0, 0.1) is 29.8 Å². The van der Waals surface area contributed by atoms with Crippen molar-refractivity contribution in [1.29, 1.82) is 0 Å². The second kappa shape index (κ2) is 9.22. The first-order chi connectivity index (χ1) is 15.8. The number of hydrogen-bond acceptors (Lipinski definition) is 5. The molecule has 4 rings (SSSR count). The molecule has 3 N–H and O–H groups in total. The number of carboxylic acids is 1. The van der Waals surface area contributed by atoms with E-state index in [-0.39, 0.29) is 37.1 Å². The average molecular weight is 459 g/mol. The Labute approximate surface area is 188 Å². The largest absolute Gasteiger partial charge is 0.481 e. The van der Waals surface area contributed by atoms with E-state index in [4.69, 9.17) is 0 Å². The highest BCUT2D eigenvalue weighted by Crippen LogP contribution is 2.37. The van der Waals surface area contributed by atoms with E-state index in [2.05, 4.69) is 20.5 Å². The summed E-state index contributed by atoms with van der Waals surface area (Å²) in [5, 5.41) is 19.8. The molecule has 7 nitrogen and oxygen atoms in total. The number of H-pyrrole nitrogens is 1. The summed E-state index contributed by atoms with van der Waals surface area (Å²) < 4.78 is 42.5. The molecule has 1 aliphatic heterocycles. The van der Waals surface area contributed by atoms with Gasteiger partial charge in [-0.25, -0.2) is 18.2 Å². The molecule has 0 saturated carbocycles. The highest BCUT2D eigenvalue weighted by atomic mass is 19.1. The second-order valence-electron chi connectivity index (χ2n) is 8.42. The molecule has 0 bridgehead atoms. The smallest absolute Gasteiger partial charge is 0.310 e. The van der Waals surface area contributed by atoms with Crippen LogP contribution in [0.15, 0.2) is 36.4 Å². The number of nitrogens with zero attached hydrogens (tertiary/aromatic N) is 3. The zero-order chi connectivity index (χ0) is 23.6. The van der Waals surface area contributed by atoms with Gasteiger partial charge in [0.05, 0.1) is 11.1 Å². The normalized spacial score (nSPS) is 16.0. The molecular weight excluding hydrogens is 435 g/mol. The molecule has 174 valence electrons. The quantitative estimate of drug-likeness (QED) is 0.491. The van der Waals surface area contributed by atoms with Gasteiger partial charge in [-0.3, -0.25) is 14.8 Å². The van der Waals surface area contributed by atoms with Crippen molar-refractivity contribution >= 4 is 17.6 Å². The van der Waals surface area contributed by atoms with Crippen LogP contribution in [-0.2, 0) is 17.8 Å². The van der Waals surface area contributed by atoms with Gasteiger partial charge in [-0.2, -0.15) is 5.10 Å². The van der Waals surface area contributed by atoms with Gasteiger partial charge in [-0.05, 0) is 57.1 Å². The molecule has 3 heterocycles. The number of halogens is 3. The fraction of sp³-hybridized carbons (Fsp3) is 0.348. The fourth-order valence-electron chi connectivity index (χ4n) is 4.12. The van der Waals surface area contributed by atoms with E-state index in [1.54, 1.807) is 6.07 Å². The Balaban J connectivity index is 1.48. The summed E-state index contributed by atoms with van der Waals surface area (Å²) in [6.07, 6.45) is 0.316. The van der Waals surface area contributed by atoms with Gasteiger partial charge < -0.3 is 10.4 Å². The molecule has 0 aliphatic carbocycles. The molecule has 0 amide bonds. The molecule has 0 radical (unpaired) electrons. The summed E-state index contributed by atoms with van der Waals surface area (Å²) in [7, 11) is 0. The molecule has 1 fully saturated rings. The maximum atomic E-state index is 14.6. The molecule has 1 aromatic carbocycles. The van der Waals surface area contributed by atoms with Crippen molar-refractivity contribution in [3.8, 4) is 0 Å². The van der Waals surface area contributed by atoms with Crippen LogP contribution in [-0.4, -0.2) is 44.2 Å². The second-order valence-corrected chi connectivity index (χ2v) is 8.42. The number of carbonyl (C=O) groups is 1. The van der Waals surface area contributed by atoms with Gasteiger partial charge in [0.25, 0.3) is 0 Å². The first kappa shape index (κ1) is 22.8. The van der Waals surface area contributed by atoms with Crippen molar-refractivity contribution in [3.05, 3.63) is 70.8 Å². The lowest BCUT2D eigenvalue weighted by molar-refractivity contribution is -0.152. The lowest BCUT2D eigenvalue weighted by Crippen LogP contribution is -2.45. The third-order valence-corrected chi connectivity index (χ3v) is 6.10. The van der Waals surface area contributed by atoms with Gasteiger partial charge in [-0.1, -0.05) is 6.07 Å². The van der Waals surface area contributed by atoms with Crippen molar-refractivity contribution in [1.82, 2.24) is 20.1 Å². The third kappa shape index (κ3) is 5.00. The van der Waals surface area contributed by atoms with Crippen molar-refractivity contribution in [2.75, 3.05) is 18.4 Å². The Kier molecular flexibility index (Phi) is 6.37. The van der Waals surface area contributed by atoms with E-state index in [0.717, 1.165) is 5.69 Å². The third-order valence-electron chi connectivity index (χ3n) is 6.10. The van der Waals surface area contributed by atoms with Crippen molar-refractivity contribution < 1.29 is 23.1 Å². The number of pyridine rings is 1. The molecule has 1 saturated heterocycles. The molecule has 0 atom stereocenters. The first-order valence-electron chi connectivity index (χ1n) is 10.6. The number of aryl methyl sites for hydroxylation is 1. The number of piperidine rings is 1. The summed E-state index contributed by atoms with van der Waals surface area (Å²) in [4.78, 5) is 18.3.